The number of pyridine rings is 1. The third kappa shape index (κ3) is 5.71. The molecule has 0 unspecified atom stereocenters. The normalized spacial score (nSPS) is 19.6. The number of rotatable bonds is 3. The van der Waals surface area contributed by atoms with Crippen molar-refractivity contribution in [2.75, 3.05) is 0 Å². The van der Waals surface area contributed by atoms with Crippen LogP contribution in [0.15, 0.2) is 30.5 Å². The standard InChI is InChI=1S/C27H29ClF2N4O3/c1-27(2,3)37-26(35)34-13-16-8-17(28)12-31-24(16)23-22(14-34)32-33-25(23)15-4-6-20(7-5-15)36-21-10-18(29)9-19(30)11-21/h8-12,15,20H,4-7,13-14H2,1-3H3,(H,32,33). The van der Waals surface area contributed by atoms with E-state index in [9.17, 15) is 13.6 Å². The van der Waals surface area contributed by atoms with Gasteiger partial charge in [-0.15, -0.1) is 0 Å². The SMILES string of the molecule is CC(C)(C)OC(=O)N1Cc2cc(Cl)cnc2-c2c(C3CCC(Oc4cc(F)cc(F)c4)CC3)n[nH]c2C1. The summed E-state index contributed by atoms with van der Waals surface area (Å²) in [5.41, 5.74) is 3.54. The maximum atomic E-state index is 13.5. The highest BCUT2D eigenvalue weighted by Crippen LogP contribution is 2.42. The summed E-state index contributed by atoms with van der Waals surface area (Å²) in [7, 11) is 0. The van der Waals surface area contributed by atoms with E-state index in [0.29, 0.717) is 18.1 Å². The molecule has 3 heterocycles. The Bertz CT molecular complexity index is 1300. The fourth-order valence-corrected chi connectivity index (χ4v) is 5.23. The maximum Gasteiger partial charge on any atom is 0.410 e. The van der Waals surface area contributed by atoms with Crippen molar-refractivity contribution < 1.29 is 23.0 Å². The number of benzene rings is 1. The van der Waals surface area contributed by atoms with Crippen LogP contribution in [0, 0.1) is 11.6 Å². The summed E-state index contributed by atoms with van der Waals surface area (Å²) in [5, 5.41) is 8.30. The number of aromatic amines is 1. The predicted octanol–water partition coefficient (Wildman–Crippen LogP) is 6.76. The van der Waals surface area contributed by atoms with Crippen molar-refractivity contribution in [1.29, 1.82) is 0 Å². The molecule has 0 spiro atoms. The first-order valence-corrected chi connectivity index (χ1v) is 12.8. The van der Waals surface area contributed by atoms with Crippen molar-refractivity contribution in [3.05, 3.63) is 64.1 Å². The van der Waals surface area contributed by atoms with E-state index in [2.05, 4.69) is 15.2 Å². The number of H-pyrrole nitrogens is 1. The van der Waals surface area contributed by atoms with Crippen LogP contribution >= 0.6 is 11.6 Å². The van der Waals surface area contributed by atoms with Crippen LogP contribution < -0.4 is 4.74 Å². The zero-order valence-corrected chi connectivity index (χ0v) is 21.7. The van der Waals surface area contributed by atoms with Crippen LogP contribution in [0.2, 0.25) is 5.02 Å². The number of amides is 1. The highest BCUT2D eigenvalue weighted by Gasteiger charge is 2.34. The largest absolute Gasteiger partial charge is 0.490 e. The maximum absolute atomic E-state index is 13.5. The third-order valence-electron chi connectivity index (χ3n) is 6.60. The molecule has 0 radical (unpaired) electrons. The van der Waals surface area contributed by atoms with E-state index in [1.807, 2.05) is 26.8 Å². The van der Waals surface area contributed by atoms with Gasteiger partial charge in [0.15, 0.2) is 0 Å². The van der Waals surface area contributed by atoms with E-state index in [1.165, 1.54) is 12.1 Å². The fraction of sp³-hybridized carbons (Fsp3) is 0.444. The van der Waals surface area contributed by atoms with E-state index in [-0.39, 0.29) is 17.8 Å². The van der Waals surface area contributed by atoms with Gasteiger partial charge in [-0.2, -0.15) is 5.10 Å². The Kier molecular flexibility index (Phi) is 6.83. The Morgan fingerprint density at radius 3 is 2.46 bits per heavy atom. The lowest BCUT2D eigenvalue weighted by molar-refractivity contribution is 0.0216. The summed E-state index contributed by atoms with van der Waals surface area (Å²) in [4.78, 5) is 19.2. The lowest BCUT2D eigenvalue weighted by Crippen LogP contribution is -2.35. The number of nitrogens with zero attached hydrogens (tertiary/aromatic N) is 3. The van der Waals surface area contributed by atoms with Crippen molar-refractivity contribution in [3.63, 3.8) is 0 Å². The topological polar surface area (TPSA) is 80.3 Å². The summed E-state index contributed by atoms with van der Waals surface area (Å²) < 4.78 is 38.6. The number of aromatic nitrogens is 3. The van der Waals surface area contributed by atoms with Crippen LogP contribution in [-0.4, -0.2) is 37.9 Å². The molecule has 37 heavy (non-hydrogen) atoms. The van der Waals surface area contributed by atoms with Gasteiger partial charge in [-0.3, -0.25) is 15.0 Å². The van der Waals surface area contributed by atoms with Gasteiger partial charge in [-0.25, -0.2) is 13.6 Å². The van der Waals surface area contributed by atoms with Crippen LogP contribution in [0.5, 0.6) is 5.75 Å². The highest BCUT2D eigenvalue weighted by atomic mass is 35.5. The van der Waals surface area contributed by atoms with Gasteiger partial charge in [-0.1, -0.05) is 11.6 Å². The van der Waals surface area contributed by atoms with E-state index in [4.69, 9.17) is 21.1 Å². The number of ether oxygens (including phenoxy) is 2. The summed E-state index contributed by atoms with van der Waals surface area (Å²) in [5.74, 6) is -0.974. The molecule has 0 bridgehead atoms. The molecule has 2 aliphatic rings. The minimum absolute atomic E-state index is 0.137. The highest BCUT2D eigenvalue weighted by molar-refractivity contribution is 6.30. The van der Waals surface area contributed by atoms with Crippen LogP contribution in [0.3, 0.4) is 0 Å². The molecule has 10 heteroatoms. The minimum atomic E-state index is -0.658. The predicted molar refractivity (Wildman–Crippen MR) is 134 cm³/mol. The smallest absolute Gasteiger partial charge is 0.410 e. The summed E-state index contributed by atoms with van der Waals surface area (Å²) in [6.45, 7) is 6.11. The van der Waals surface area contributed by atoms with Crippen LogP contribution in [0.1, 0.15) is 69.3 Å². The average Bonchev–Trinajstić information content (AvgIpc) is 3.13. The van der Waals surface area contributed by atoms with Crippen molar-refractivity contribution in [2.45, 2.75) is 77.2 Å². The number of carbonyl (C=O) groups excluding carboxylic acids is 1. The molecule has 1 aliphatic heterocycles. The van der Waals surface area contributed by atoms with Gasteiger partial charge in [0.05, 0.1) is 41.3 Å². The molecule has 0 saturated heterocycles. The summed E-state index contributed by atoms with van der Waals surface area (Å²) in [6.07, 6.45) is 4.06. The van der Waals surface area contributed by atoms with E-state index in [0.717, 1.165) is 60.0 Å². The van der Waals surface area contributed by atoms with Gasteiger partial charge in [0, 0.05) is 35.9 Å². The quantitative estimate of drug-likeness (QED) is 0.404. The molecule has 2 aromatic heterocycles. The second-order valence-corrected chi connectivity index (χ2v) is 11.1. The Labute approximate surface area is 219 Å². The van der Waals surface area contributed by atoms with E-state index >= 15 is 0 Å². The van der Waals surface area contributed by atoms with Gasteiger partial charge >= 0.3 is 6.09 Å². The number of fused-ring (bicyclic) bond motifs is 3. The molecule has 3 aromatic rings. The van der Waals surface area contributed by atoms with E-state index in [1.54, 1.807) is 11.1 Å². The molecule has 0 atom stereocenters. The molecule has 1 aliphatic carbocycles. The molecule has 1 saturated carbocycles. The van der Waals surface area contributed by atoms with Gasteiger partial charge in [0.1, 0.15) is 23.0 Å². The number of halogens is 3. The van der Waals surface area contributed by atoms with Crippen LogP contribution in [-0.2, 0) is 17.8 Å². The fourth-order valence-electron chi connectivity index (χ4n) is 5.05. The molecule has 7 nitrogen and oxygen atoms in total. The molecule has 5 rings (SSSR count). The zero-order chi connectivity index (χ0) is 26.3. The molecule has 196 valence electrons. The van der Waals surface area contributed by atoms with Crippen molar-refractivity contribution in [2.24, 2.45) is 0 Å². The monoisotopic (exact) mass is 530 g/mol. The first-order valence-electron chi connectivity index (χ1n) is 12.4. The van der Waals surface area contributed by atoms with Gasteiger partial charge in [0.2, 0.25) is 0 Å². The van der Waals surface area contributed by atoms with Crippen molar-refractivity contribution in [3.8, 4) is 17.0 Å². The molecule has 1 amide bonds. The minimum Gasteiger partial charge on any atom is -0.490 e. The zero-order valence-electron chi connectivity index (χ0n) is 21.0. The molecular formula is C27H29ClF2N4O3. The number of carbonyl (C=O) groups is 1. The summed E-state index contributed by atoms with van der Waals surface area (Å²) in [6, 6.07) is 5.06. The van der Waals surface area contributed by atoms with Crippen molar-refractivity contribution >= 4 is 17.7 Å². The third-order valence-corrected chi connectivity index (χ3v) is 6.81. The number of nitrogens with one attached hydrogen (secondary N) is 1. The molecular weight excluding hydrogens is 502 g/mol. The van der Waals surface area contributed by atoms with Crippen LogP contribution in [0.25, 0.3) is 11.3 Å². The first-order chi connectivity index (χ1) is 17.6. The Morgan fingerprint density at radius 1 is 1.08 bits per heavy atom. The second kappa shape index (κ2) is 9.93. The Balaban J connectivity index is 1.38. The van der Waals surface area contributed by atoms with E-state index < -0.39 is 23.3 Å². The summed E-state index contributed by atoms with van der Waals surface area (Å²) >= 11 is 6.27. The lowest BCUT2D eigenvalue weighted by Gasteiger charge is -2.28. The number of hydrogen-bond acceptors (Lipinski definition) is 5. The molecule has 1 fully saturated rings. The lowest BCUT2D eigenvalue weighted by atomic mass is 9.83. The average molecular weight is 531 g/mol. The van der Waals surface area contributed by atoms with Gasteiger partial charge < -0.3 is 9.47 Å². The molecule has 1 aromatic carbocycles. The van der Waals surface area contributed by atoms with Crippen LogP contribution in [0.4, 0.5) is 13.6 Å². The Morgan fingerprint density at radius 2 is 1.78 bits per heavy atom. The second-order valence-electron chi connectivity index (χ2n) is 10.7. The first kappa shape index (κ1) is 25.4. The van der Waals surface area contributed by atoms with Crippen molar-refractivity contribution in [1.82, 2.24) is 20.1 Å². The van der Waals surface area contributed by atoms with Gasteiger partial charge in [0.25, 0.3) is 0 Å². The Hall–Kier alpha value is -3.20. The number of hydrogen-bond donors (Lipinski definition) is 1. The molecule has 1 N–H and O–H groups in total. The van der Waals surface area contributed by atoms with Gasteiger partial charge in [-0.05, 0) is 58.1 Å².